The Morgan fingerprint density at radius 2 is 2.08 bits per heavy atom. The van der Waals surface area contributed by atoms with Crippen molar-refractivity contribution in [3.8, 4) is 0 Å². The molecule has 136 valence electrons. The van der Waals surface area contributed by atoms with E-state index in [1.165, 1.54) is 24.9 Å². The van der Waals surface area contributed by atoms with Gasteiger partial charge in [0.2, 0.25) is 0 Å². The van der Waals surface area contributed by atoms with E-state index in [4.69, 9.17) is 4.52 Å². The van der Waals surface area contributed by atoms with Gasteiger partial charge in [-0.05, 0) is 39.0 Å². The summed E-state index contributed by atoms with van der Waals surface area (Å²) in [7, 11) is 1.84. The minimum atomic E-state index is 0. The molecule has 6 nitrogen and oxygen atoms in total. The molecule has 7 heteroatoms. The zero-order chi connectivity index (χ0) is 16.4. The lowest BCUT2D eigenvalue weighted by Gasteiger charge is -2.20. The van der Waals surface area contributed by atoms with Crippen molar-refractivity contribution in [2.75, 3.05) is 26.7 Å². The van der Waals surface area contributed by atoms with Crippen LogP contribution in [0.2, 0.25) is 0 Å². The Bertz CT molecular complexity index is 550. The van der Waals surface area contributed by atoms with Crippen LogP contribution >= 0.6 is 24.0 Å². The van der Waals surface area contributed by atoms with Gasteiger partial charge in [0.1, 0.15) is 5.76 Å². The van der Waals surface area contributed by atoms with E-state index in [-0.39, 0.29) is 24.0 Å². The first-order valence-corrected chi connectivity index (χ1v) is 8.71. The largest absolute Gasteiger partial charge is 0.361 e. The van der Waals surface area contributed by atoms with Crippen LogP contribution in [0.1, 0.15) is 36.8 Å². The number of nitrogens with zero attached hydrogens (tertiary/aromatic N) is 3. The number of likely N-dealkylation sites (tertiary alicyclic amines) is 1. The van der Waals surface area contributed by atoms with Crippen LogP contribution in [0.5, 0.6) is 0 Å². The monoisotopic (exact) mass is 447 g/mol. The molecule has 2 unspecified atom stereocenters. The first-order valence-electron chi connectivity index (χ1n) is 8.71. The van der Waals surface area contributed by atoms with Gasteiger partial charge in [0.25, 0.3) is 0 Å². The van der Waals surface area contributed by atoms with Crippen LogP contribution in [0, 0.1) is 19.8 Å². The molecule has 2 fully saturated rings. The number of halogens is 1. The van der Waals surface area contributed by atoms with E-state index in [1.807, 2.05) is 20.9 Å². The molecule has 1 saturated carbocycles. The van der Waals surface area contributed by atoms with Crippen LogP contribution in [0.25, 0.3) is 0 Å². The van der Waals surface area contributed by atoms with Crippen LogP contribution in [0.3, 0.4) is 0 Å². The van der Waals surface area contributed by atoms with Crippen molar-refractivity contribution in [3.63, 3.8) is 0 Å². The number of guanidine groups is 1. The van der Waals surface area contributed by atoms with Gasteiger partial charge in [-0.1, -0.05) is 12.1 Å². The van der Waals surface area contributed by atoms with Gasteiger partial charge < -0.3 is 15.2 Å². The maximum atomic E-state index is 5.21. The van der Waals surface area contributed by atoms with Gasteiger partial charge in [0.05, 0.1) is 5.69 Å². The topological polar surface area (TPSA) is 65.7 Å². The predicted octanol–water partition coefficient (Wildman–Crippen LogP) is 2.10. The third kappa shape index (κ3) is 4.62. The Morgan fingerprint density at radius 1 is 1.33 bits per heavy atom. The number of aromatic nitrogens is 1. The van der Waals surface area contributed by atoms with Crippen molar-refractivity contribution < 1.29 is 4.52 Å². The Morgan fingerprint density at radius 3 is 2.67 bits per heavy atom. The Hall–Kier alpha value is -0.830. The van der Waals surface area contributed by atoms with Crippen molar-refractivity contribution in [3.05, 3.63) is 17.0 Å². The number of aliphatic imine (C=N–C) groups is 1. The second-order valence-electron chi connectivity index (χ2n) is 6.96. The summed E-state index contributed by atoms with van der Waals surface area (Å²) in [6, 6.07) is 1.33. The molecule has 1 aromatic rings. The first kappa shape index (κ1) is 19.5. The van der Waals surface area contributed by atoms with Gasteiger partial charge in [-0.15, -0.1) is 24.0 Å². The highest BCUT2D eigenvalue weighted by atomic mass is 127. The van der Waals surface area contributed by atoms with Crippen LogP contribution in [0.15, 0.2) is 9.52 Å². The molecule has 1 aliphatic heterocycles. The van der Waals surface area contributed by atoms with Gasteiger partial charge >= 0.3 is 0 Å². The molecular weight excluding hydrogens is 417 g/mol. The second-order valence-corrected chi connectivity index (χ2v) is 6.96. The quantitative estimate of drug-likeness (QED) is 0.411. The van der Waals surface area contributed by atoms with E-state index in [9.17, 15) is 0 Å². The molecule has 0 bridgehead atoms. The number of hydrogen-bond donors (Lipinski definition) is 2. The number of rotatable bonds is 5. The van der Waals surface area contributed by atoms with E-state index < -0.39 is 0 Å². The summed E-state index contributed by atoms with van der Waals surface area (Å²) in [5.74, 6) is 2.47. The highest BCUT2D eigenvalue weighted by molar-refractivity contribution is 14.0. The molecule has 0 aromatic carbocycles. The summed E-state index contributed by atoms with van der Waals surface area (Å²) in [5, 5.41) is 11.0. The maximum Gasteiger partial charge on any atom is 0.191 e. The lowest BCUT2D eigenvalue weighted by atomic mass is 10.1. The molecule has 1 aromatic heterocycles. The third-order valence-corrected chi connectivity index (χ3v) is 5.10. The van der Waals surface area contributed by atoms with Gasteiger partial charge in [0, 0.05) is 44.3 Å². The van der Waals surface area contributed by atoms with Crippen molar-refractivity contribution in [2.45, 2.75) is 52.1 Å². The average Bonchev–Trinajstić information content (AvgIpc) is 3.25. The van der Waals surface area contributed by atoms with E-state index in [2.05, 4.69) is 32.6 Å². The van der Waals surface area contributed by atoms with Crippen molar-refractivity contribution in [1.82, 2.24) is 20.7 Å². The molecule has 0 radical (unpaired) electrons. The molecular formula is C17H30IN5O. The van der Waals surface area contributed by atoms with Gasteiger partial charge in [-0.25, -0.2) is 0 Å². The summed E-state index contributed by atoms with van der Waals surface area (Å²) in [6.45, 7) is 9.46. The molecule has 0 amide bonds. The summed E-state index contributed by atoms with van der Waals surface area (Å²) in [6.07, 6.45) is 3.66. The van der Waals surface area contributed by atoms with E-state index >= 15 is 0 Å². The Balaban J connectivity index is 0.00000208. The van der Waals surface area contributed by atoms with Crippen LogP contribution in [-0.4, -0.2) is 54.8 Å². The Labute approximate surface area is 161 Å². The summed E-state index contributed by atoms with van der Waals surface area (Å²) >= 11 is 0. The molecule has 1 aliphatic carbocycles. The van der Waals surface area contributed by atoms with Crippen molar-refractivity contribution in [2.24, 2.45) is 10.9 Å². The van der Waals surface area contributed by atoms with Gasteiger partial charge in [-0.2, -0.15) is 0 Å². The minimum Gasteiger partial charge on any atom is -0.361 e. The highest BCUT2D eigenvalue weighted by Gasteiger charge is 2.38. The fraction of sp³-hybridized carbons (Fsp3) is 0.765. The fourth-order valence-electron chi connectivity index (χ4n) is 3.46. The minimum absolute atomic E-state index is 0. The zero-order valence-corrected chi connectivity index (χ0v) is 17.5. The summed E-state index contributed by atoms with van der Waals surface area (Å²) in [4.78, 5) is 7.00. The summed E-state index contributed by atoms with van der Waals surface area (Å²) in [5.41, 5.74) is 2.18. The van der Waals surface area contributed by atoms with Gasteiger partial charge in [-0.3, -0.25) is 9.89 Å². The normalized spacial score (nSPS) is 24.8. The zero-order valence-electron chi connectivity index (χ0n) is 15.1. The van der Waals surface area contributed by atoms with Crippen molar-refractivity contribution in [1.29, 1.82) is 0 Å². The molecule has 3 rings (SSSR count). The molecule has 24 heavy (non-hydrogen) atoms. The van der Waals surface area contributed by atoms with Crippen LogP contribution in [-0.2, 0) is 6.42 Å². The van der Waals surface area contributed by atoms with E-state index in [1.54, 1.807) is 0 Å². The van der Waals surface area contributed by atoms with E-state index in [0.717, 1.165) is 43.0 Å². The molecule has 1 saturated heterocycles. The number of hydrogen-bond acceptors (Lipinski definition) is 4. The van der Waals surface area contributed by atoms with E-state index in [0.29, 0.717) is 12.0 Å². The van der Waals surface area contributed by atoms with Crippen LogP contribution < -0.4 is 10.6 Å². The standard InChI is InChI=1S/C17H29N5O.HI/c1-11-9-22(14-5-6-14)10-16(11)20-17(18-4)19-8-7-15-12(2)21-23-13(15)3;/h11,14,16H,5-10H2,1-4H3,(H2,18,19,20);1H. The molecule has 2 N–H and O–H groups in total. The first-order chi connectivity index (χ1) is 11.1. The smallest absolute Gasteiger partial charge is 0.191 e. The number of nitrogens with one attached hydrogen (secondary N) is 2. The Kier molecular flexibility index (Phi) is 6.91. The average molecular weight is 447 g/mol. The lowest BCUT2D eigenvalue weighted by molar-refractivity contribution is 0.315. The molecule has 2 aliphatic rings. The summed E-state index contributed by atoms with van der Waals surface area (Å²) < 4.78 is 5.21. The molecule has 2 heterocycles. The SMILES string of the molecule is CN=C(NCCc1c(C)noc1C)NC1CN(C2CC2)CC1C.I. The maximum absolute atomic E-state index is 5.21. The third-order valence-electron chi connectivity index (χ3n) is 5.10. The second kappa shape index (κ2) is 8.51. The molecule has 2 atom stereocenters. The molecule has 0 spiro atoms. The highest BCUT2D eigenvalue weighted by Crippen LogP contribution is 2.31. The van der Waals surface area contributed by atoms with Gasteiger partial charge in [0.15, 0.2) is 5.96 Å². The number of aryl methyl sites for hydroxylation is 2. The predicted molar refractivity (Wildman–Crippen MR) is 107 cm³/mol. The van der Waals surface area contributed by atoms with Crippen molar-refractivity contribution >= 4 is 29.9 Å². The lowest BCUT2D eigenvalue weighted by Crippen LogP contribution is -2.47. The fourth-order valence-corrected chi connectivity index (χ4v) is 3.46. The van der Waals surface area contributed by atoms with Crippen LogP contribution in [0.4, 0.5) is 0 Å².